The predicted octanol–water partition coefficient (Wildman–Crippen LogP) is 1.75. The van der Waals surface area contributed by atoms with E-state index < -0.39 is 28.4 Å². The third kappa shape index (κ3) is 2.10. The number of nitro groups is 1. The van der Waals surface area contributed by atoms with Crippen LogP contribution in [-0.2, 0) is 0 Å². The molecule has 0 saturated heterocycles. The van der Waals surface area contributed by atoms with Gasteiger partial charge in [-0.2, -0.15) is 0 Å². The highest BCUT2D eigenvalue weighted by Gasteiger charge is 2.26. The molecule has 1 aromatic rings. The first-order valence-electron chi connectivity index (χ1n) is 3.98. The number of aldehydes is 1. The van der Waals surface area contributed by atoms with Gasteiger partial charge in [0.05, 0.1) is 7.11 Å². The Balaban J connectivity index is 3.49. The minimum Gasteiger partial charge on any atom is -0.496 e. The first kappa shape index (κ1) is 12.0. The molecule has 1 aromatic heterocycles. The molecule has 0 saturated carbocycles. The predicted molar refractivity (Wildman–Crippen MR) is 47.8 cm³/mol. The number of hydrogen-bond acceptors (Lipinski definition) is 5. The fourth-order valence-electron chi connectivity index (χ4n) is 1.07. The van der Waals surface area contributed by atoms with Crippen molar-refractivity contribution in [3.63, 3.8) is 0 Å². The molecule has 8 heteroatoms. The standard InChI is InChI=1S/C8H6F2N2O4/c1-16-6-2-5(7(9)10)11-8(12(14)15)4(6)3-13/h2-3,7H,1H3. The number of methoxy groups -OCH3 is 1. The fourth-order valence-corrected chi connectivity index (χ4v) is 1.07. The average molecular weight is 232 g/mol. The SMILES string of the molecule is COc1cc(C(F)F)nc([N+](=O)[O-])c1C=O. The van der Waals surface area contributed by atoms with Gasteiger partial charge < -0.3 is 14.9 Å². The van der Waals surface area contributed by atoms with Gasteiger partial charge in [0.25, 0.3) is 0 Å². The Labute approximate surface area is 88.0 Å². The maximum atomic E-state index is 12.3. The Morgan fingerprint density at radius 1 is 1.62 bits per heavy atom. The number of ether oxygens (including phenoxy) is 1. The van der Waals surface area contributed by atoms with Gasteiger partial charge in [-0.3, -0.25) is 4.79 Å². The highest BCUT2D eigenvalue weighted by molar-refractivity contribution is 5.84. The second-order valence-electron chi connectivity index (χ2n) is 2.66. The Bertz CT molecular complexity index is 436. The summed E-state index contributed by atoms with van der Waals surface area (Å²) in [5.74, 6) is -1.24. The summed E-state index contributed by atoms with van der Waals surface area (Å²) in [5, 5.41) is 10.5. The highest BCUT2D eigenvalue weighted by atomic mass is 19.3. The highest BCUT2D eigenvalue weighted by Crippen LogP contribution is 2.29. The molecule has 0 atom stereocenters. The molecule has 0 aliphatic rings. The van der Waals surface area contributed by atoms with Gasteiger partial charge >= 0.3 is 12.2 Å². The van der Waals surface area contributed by atoms with E-state index in [-0.39, 0.29) is 12.0 Å². The Morgan fingerprint density at radius 2 is 2.25 bits per heavy atom. The number of carbonyl (C=O) groups is 1. The second kappa shape index (κ2) is 4.60. The summed E-state index contributed by atoms with van der Waals surface area (Å²) in [7, 11) is 1.11. The third-order valence-corrected chi connectivity index (χ3v) is 1.75. The van der Waals surface area contributed by atoms with Crippen LogP contribution in [0.4, 0.5) is 14.6 Å². The molecule has 6 nitrogen and oxygen atoms in total. The van der Waals surface area contributed by atoms with Crippen LogP contribution in [0.25, 0.3) is 0 Å². The molecular weight excluding hydrogens is 226 g/mol. The largest absolute Gasteiger partial charge is 0.496 e. The number of aromatic nitrogens is 1. The van der Waals surface area contributed by atoms with Gasteiger partial charge in [0.15, 0.2) is 11.8 Å². The number of halogens is 2. The zero-order chi connectivity index (χ0) is 12.3. The molecule has 1 heterocycles. The molecule has 0 aliphatic carbocycles. The molecule has 0 fully saturated rings. The molecule has 0 radical (unpaired) electrons. The van der Waals surface area contributed by atoms with Crippen LogP contribution < -0.4 is 4.74 Å². The number of pyridine rings is 1. The quantitative estimate of drug-likeness (QED) is 0.448. The van der Waals surface area contributed by atoms with E-state index in [0.29, 0.717) is 0 Å². The van der Waals surface area contributed by atoms with Crippen LogP contribution in [0.5, 0.6) is 5.75 Å². The number of hydrogen-bond donors (Lipinski definition) is 0. The van der Waals surface area contributed by atoms with Crippen LogP contribution in [-0.4, -0.2) is 23.3 Å². The summed E-state index contributed by atoms with van der Waals surface area (Å²) in [6, 6.07) is 0.793. The summed E-state index contributed by atoms with van der Waals surface area (Å²) >= 11 is 0. The van der Waals surface area contributed by atoms with Gasteiger partial charge in [0.1, 0.15) is 5.75 Å². The van der Waals surface area contributed by atoms with Gasteiger partial charge in [0, 0.05) is 6.07 Å². The van der Waals surface area contributed by atoms with Crippen molar-refractivity contribution in [3.05, 3.63) is 27.4 Å². The zero-order valence-corrected chi connectivity index (χ0v) is 8.02. The Hall–Kier alpha value is -2.12. The minimum atomic E-state index is -2.98. The minimum absolute atomic E-state index is 0.138. The van der Waals surface area contributed by atoms with Crippen LogP contribution in [0.3, 0.4) is 0 Å². The van der Waals surface area contributed by atoms with Crippen molar-refractivity contribution >= 4 is 12.1 Å². The molecule has 0 unspecified atom stereocenters. The van der Waals surface area contributed by atoms with Crippen molar-refractivity contribution in [2.45, 2.75) is 6.43 Å². The van der Waals surface area contributed by atoms with Crippen molar-refractivity contribution in [3.8, 4) is 5.75 Å². The smallest absolute Gasteiger partial charge is 0.378 e. The van der Waals surface area contributed by atoms with Crippen LogP contribution in [0, 0.1) is 10.1 Å². The van der Waals surface area contributed by atoms with E-state index in [9.17, 15) is 23.7 Å². The summed E-state index contributed by atoms with van der Waals surface area (Å²) in [6.07, 6.45) is -2.84. The molecule has 0 N–H and O–H groups in total. The summed E-state index contributed by atoms with van der Waals surface area (Å²) in [4.78, 5) is 23.2. The van der Waals surface area contributed by atoms with E-state index in [1.54, 1.807) is 0 Å². The molecule has 0 aliphatic heterocycles. The van der Waals surface area contributed by atoms with Crippen molar-refractivity contribution in [1.29, 1.82) is 0 Å². The van der Waals surface area contributed by atoms with Crippen molar-refractivity contribution in [2.24, 2.45) is 0 Å². The average Bonchev–Trinajstić information content (AvgIpc) is 2.26. The summed E-state index contributed by atoms with van der Waals surface area (Å²) < 4.78 is 29.3. The molecule has 1 rings (SSSR count). The Morgan fingerprint density at radius 3 is 2.62 bits per heavy atom. The van der Waals surface area contributed by atoms with Gasteiger partial charge in [-0.05, 0) is 9.91 Å². The van der Waals surface area contributed by atoms with E-state index >= 15 is 0 Å². The first-order chi connectivity index (χ1) is 7.51. The molecule has 86 valence electrons. The maximum absolute atomic E-state index is 12.3. The van der Waals surface area contributed by atoms with Gasteiger partial charge in [0.2, 0.25) is 5.69 Å². The summed E-state index contributed by atoms with van der Waals surface area (Å²) in [5.41, 5.74) is -1.27. The monoisotopic (exact) mass is 232 g/mol. The zero-order valence-electron chi connectivity index (χ0n) is 8.02. The number of carbonyl (C=O) groups excluding carboxylic acids is 1. The second-order valence-corrected chi connectivity index (χ2v) is 2.66. The van der Waals surface area contributed by atoms with Crippen molar-refractivity contribution < 1.29 is 23.2 Å². The topological polar surface area (TPSA) is 82.3 Å². The van der Waals surface area contributed by atoms with E-state index in [1.165, 1.54) is 0 Å². The lowest BCUT2D eigenvalue weighted by Crippen LogP contribution is -2.04. The number of alkyl halides is 2. The van der Waals surface area contributed by atoms with E-state index in [2.05, 4.69) is 9.72 Å². The number of rotatable bonds is 4. The fraction of sp³-hybridized carbons (Fsp3) is 0.250. The van der Waals surface area contributed by atoms with E-state index in [1.807, 2.05) is 0 Å². The van der Waals surface area contributed by atoms with Gasteiger partial charge in [-0.25, -0.2) is 8.78 Å². The number of nitrogens with zero attached hydrogens (tertiary/aromatic N) is 2. The first-order valence-corrected chi connectivity index (χ1v) is 3.98. The van der Waals surface area contributed by atoms with Crippen molar-refractivity contribution in [1.82, 2.24) is 4.98 Å². The maximum Gasteiger partial charge on any atom is 0.378 e. The van der Waals surface area contributed by atoms with Crippen LogP contribution >= 0.6 is 0 Å². The van der Waals surface area contributed by atoms with Crippen LogP contribution in [0.15, 0.2) is 6.07 Å². The molecule has 0 spiro atoms. The van der Waals surface area contributed by atoms with E-state index in [4.69, 9.17) is 0 Å². The third-order valence-electron chi connectivity index (χ3n) is 1.75. The van der Waals surface area contributed by atoms with Crippen LogP contribution in [0.2, 0.25) is 0 Å². The lowest BCUT2D eigenvalue weighted by atomic mass is 10.2. The normalized spacial score (nSPS) is 10.2. The van der Waals surface area contributed by atoms with Gasteiger partial charge in [-0.15, -0.1) is 0 Å². The van der Waals surface area contributed by atoms with Crippen molar-refractivity contribution in [2.75, 3.05) is 7.11 Å². The lowest BCUT2D eigenvalue weighted by Gasteiger charge is -2.04. The van der Waals surface area contributed by atoms with E-state index in [0.717, 1.165) is 13.2 Å². The molecule has 0 amide bonds. The molecule has 0 aromatic carbocycles. The lowest BCUT2D eigenvalue weighted by molar-refractivity contribution is -0.390. The Kier molecular flexibility index (Phi) is 3.44. The van der Waals surface area contributed by atoms with Crippen LogP contribution in [0.1, 0.15) is 22.5 Å². The summed E-state index contributed by atoms with van der Waals surface area (Å²) in [6.45, 7) is 0. The van der Waals surface area contributed by atoms with Gasteiger partial charge in [-0.1, -0.05) is 0 Å². The molecular formula is C8H6F2N2O4. The molecule has 0 bridgehead atoms. The molecule has 16 heavy (non-hydrogen) atoms.